The molecule has 1 aliphatic rings. The SMILES string of the molecule is COc1ccc(C(C)NC(=O)/C=C/c2ccc(N3CCCC3=O)cc2)c(OC)c1. The molecule has 1 aliphatic heterocycles. The number of nitrogens with zero attached hydrogens (tertiary/aromatic N) is 1. The molecule has 2 aromatic carbocycles. The van der Waals surface area contributed by atoms with Crippen LogP contribution in [-0.4, -0.2) is 32.6 Å². The van der Waals surface area contributed by atoms with Crippen molar-refractivity contribution in [1.29, 1.82) is 0 Å². The highest BCUT2D eigenvalue weighted by atomic mass is 16.5. The predicted molar refractivity (Wildman–Crippen MR) is 113 cm³/mol. The first-order chi connectivity index (χ1) is 14.0. The minimum atomic E-state index is -0.225. The van der Waals surface area contributed by atoms with E-state index in [1.54, 1.807) is 31.3 Å². The number of rotatable bonds is 7. The summed E-state index contributed by atoms with van der Waals surface area (Å²) in [5.41, 5.74) is 2.66. The quantitative estimate of drug-likeness (QED) is 0.727. The van der Waals surface area contributed by atoms with Crippen LogP contribution in [0.4, 0.5) is 5.69 Å². The van der Waals surface area contributed by atoms with Gasteiger partial charge in [0.2, 0.25) is 11.8 Å². The van der Waals surface area contributed by atoms with Crippen molar-refractivity contribution < 1.29 is 19.1 Å². The number of nitrogens with one attached hydrogen (secondary N) is 1. The van der Waals surface area contributed by atoms with E-state index in [9.17, 15) is 9.59 Å². The number of hydrogen-bond acceptors (Lipinski definition) is 4. The van der Waals surface area contributed by atoms with Crippen LogP contribution in [0, 0.1) is 0 Å². The van der Waals surface area contributed by atoms with Gasteiger partial charge in [0.1, 0.15) is 11.5 Å². The molecule has 6 heteroatoms. The third kappa shape index (κ3) is 4.96. The molecule has 0 bridgehead atoms. The molecule has 2 amide bonds. The second kappa shape index (κ2) is 9.28. The van der Waals surface area contributed by atoms with E-state index in [1.165, 1.54) is 6.08 Å². The summed E-state index contributed by atoms with van der Waals surface area (Å²) in [5.74, 6) is 1.32. The molecule has 1 N–H and O–H groups in total. The normalized spacial score (nSPS) is 14.9. The number of hydrogen-bond donors (Lipinski definition) is 1. The molecule has 3 rings (SSSR count). The lowest BCUT2D eigenvalue weighted by Gasteiger charge is -2.17. The van der Waals surface area contributed by atoms with E-state index in [0.29, 0.717) is 17.9 Å². The van der Waals surface area contributed by atoms with Gasteiger partial charge in [0.15, 0.2) is 0 Å². The number of benzene rings is 2. The average molecular weight is 394 g/mol. The molecule has 6 nitrogen and oxygen atoms in total. The minimum absolute atomic E-state index is 0.163. The van der Waals surface area contributed by atoms with Crippen LogP contribution >= 0.6 is 0 Å². The summed E-state index contributed by atoms with van der Waals surface area (Å²) in [4.78, 5) is 25.9. The zero-order valence-electron chi connectivity index (χ0n) is 17.0. The third-order valence-electron chi connectivity index (χ3n) is 4.97. The number of amides is 2. The van der Waals surface area contributed by atoms with Crippen molar-refractivity contribution >= 4 is 23.6 Å². The van der Waals surface area contributed by atoms with Crippen molar-refractivity contribution in [3.8, 4) is 11.5 Å². The lowest BCUT2D eigenvalue weighted by molar-refractivity contribution is -0.117. The Kier molecular flexibility index (Phi) is 6.54. The van der Waals surface area contributed by atoms with E-state index in [-0.39, 0.29) is 17.9 Å². The Morgan fingerprint density at radius 2 is 1.90 bits per heavy atom. The fourth-order valence-electron chi connectivity index (χ4n) is 3.37. The Hall–Kier alpha value is -3.28. The van der Waals surface area contributed by atoms with E-state index < -0.39 is 0 Å². The molecule has 0 aliphatic carbocycles. The van der Waals surface area contributed by atoms with Crippen LogP contribution in [0.25, 0.3) is 6.08 Å². The van der Waals surface area contributed by atoms with Crippen molar-refractivity contribution in [3.05, 3.63) is 59.7 Å². The molecule has 2 aromatic rings. The molecule has 1 heterocycles. The fourth-order valence-corrected chi connectivity index (χ4v) is 3.37. The van der Waals surface area contributed by atoms with Crippen molar-refractivity contribution in [2.75, 3.05) is 25.7 Å². The molecule has 1 fully saturated rings. The maximum atomic E-state index is 12.3. The summed E-state index contributed by atoms with van der Waals surface area (Å²) in [6, 6.07) is 12.9. The molecule has 1 atom stereocenters. The topological polar surface area (TPSA) is 67.9 Å². The van der Waals surface area contributed by atoms with Gasteiger partial charge in [0.05, 0.1) is 20.3 Å². The number of ether oxygens (including phenoxy) is 2. The Balaban J connectivity index is 1.61. The molecular weight excluding hydrogens is 368 g/mol. The van der Waals surface area contributed by atoms with Gasteiger partial charge in [-0.25, -0.2) is 0 Å². The molecule has 0 saturated carbocycles. The summed E-state index contributed by atoms with van der Waals surface area (Å²) in [6.45, 7) is 2.67. The second-order valence-electron chi connectivity index (χ2n) is 6.91. The van der Waals surface area contributed by atoms with Gasteiger partial charge in [-0.1, -0.05) is 12.1 Å². The average Bonchev–Trinajstić information content (AvgIpc) is 3.17. The standard InChI is InChI=1S/C23H26N2O4/c1-16(20-12-11-19(28-2)15-21(20)29-3)24-22(26)13-8-17-6-9-18(10-7-17)25-14-4-5-23(25)27/h6-13,15-16H,4-5,14H2,1-3H3,(H,24,26)/b13-8+. The van der Waals surface area contributed by atoms with Crippen LogP contribution in [0.15, 0.2) is 48.5 Å². The van der Waals surface area contributed by atoms with Crippen molar-refractivity contribution in [2.24, 2.45) is 0 Å². The number of anilines is 1. The van der Waals surface area contributed by atoms with E-state index >= 15 is 0 Å². The van der Waals surface area contributed by atoms with Gasteiger partial charge < -0.3 is 19.7 Å². The molecule has 152 valence electrons. The van der Waals surface area contributed by atoms with Crippen LogP contribution in [0.2, 0.25) is 0 Å². The minimum Gasteiger partial charge on any atom is -0.497 e. The molecule has 1 unspecified atom stereocenters. The van der Waals surface area contributed by atoms with E-state index in [0.717, 1.165) is 29.8 Å². The van der Waals surface area contributed by atoms with Gasteiger partial charge in [0.25, 0.3) is 0 Å². The van der Waals surface area contributed by atoms with Crippen LogP contribution in [-0.2, 0) is 9.59 Å². The first kappa shape index (κ1) is 20.5. The van der Waals surface area contributed by atoms with Gasteiger partial charge in [-0.3, -0.25) is 9.59 Å². The maximum absolute atomic E-state index is 12.3. The number of carbonyl (C=O) groups excluding carboxylic acids is 2. The van der Waals surface area contributed by atoms with Gasteiger partial charge in [0, 0.05) is 36.4 Å². The monoisotopic (exact) mass is 394 g/mol. The maximum Gasteiger partial charge on any atom is 0.244 e. The van der Waals surface area contributed by atoms with Crippen LogP contribution in [0.5, 0.6) is 11.5 Å². The van der Waals surface area contributed by atoms with Gasteiger partial charge in [-0.2, -0.15) is 0 Å². The lowest BCUT2D eigenvalue weighted by Crippen LogP contribution is -2.25. The van der Waals surface area contributed by atoms with E-state index in [2.05, 4.69) is 5.32 Å². The first-order valence-corrected chi connectivity index (χ1v) is 9.62. The number of methoxy groups -OCH3 is 2. The molecule has 1 saturated heterocycles. The molecule has 0 aromatic heterocycles. The Morgan fingerprint density at radius 1 is 1.14 bits per heavy atom. The summed E-state index contributed by atoms with van der Waals surface area (Å²) in [6.07, 6.45) is 4.77. The van der Waals surface area contributed by atoms with Crippen LogP contribution < -0.4 is 19.7 Å². The third-order valence-corrected chi connectivity index (χ3v) is 4.97. The molecular formula is C23H26N2O4. The fraction of sp³-hybridized carbons (Fsp3) is 0.304. The Morgan fingerprint density at radius 3 is 2.52 bits per heavy atom. The highest BCUT2D eigenvalue weighted by molar-refractivity contribution is 5.95. The lowest BCUT2D eigenvalue weighted by atomic mass is 10.1. The largest absolute Gasteiger partial charge is 0.497 e. The predicted octanol–water partition coefficient (Wildman–Crippen LogP) is 3.72. The first-order valence-electron chi connectivity index (χ1n) is 9.62. The second-order valence-corrected chi connectivity index (χ2v) is 6.91. The summed E-state index contributed by atoms with van der Waals surface area (Å²) in [5, 5.41) is 2.94. The summed E-state index contributed by atoms with van der Waals surface area (Å²) in [7, 11) is 3.19. The number of carbonyl (C=O) groups is 2. The van der Waals surface area contributed by atoms with Gasteiger partial charge in [-0.05, 0) is 49.2 Å². The highest BCUT2D eigenvalue weighted by Gasteiger charge is 2.21. The van der Waals surface area contributed by atoms with Gasteiger partial charge >= 0.3 is 0 Å². The van der Waals surface area contributed by atoms with E-state index in [4.69, 9.17) is 9.47 Å². The summed E-state index contributed by atoms with van der Waals surface area (Å²) >= 11 is 0. The van der Waals surface area contributed by atoms with Crippen LogP contribution in [0.3, 0.4) is 0 Å². The van der Waals surface area contributed by atoms with Crippen LogP contribution in [0.1, 0.15) is 36.9 Å². The van der Waals surface area contributed by atoms with Crippen molar-refractivity contribution in [2.45, 2.75) is 25.8 Å². The Labute approximate surface area is 171 Å². The van der Waals surface area contributed by atoms with Crippen molar-refractivity contribution in [1.82, 2.24) is 5.32 Å². The smallest absolute Gasteiger partial charge is 0.244 e. The molecule has 0 spiro atoms. The highest BCUT2D eigenvalue weighted by Crippen LogP contribution is 2.29. The molecule has 0 radical (unpaired) electrons. The Bertz CT molecular complexity index is 906. The summed E-state index contributed by atoms with van der Waals surface area (Å²) < 4.78 is 10.6. The zero-order valence-corrected chi connectivity index (χ0v) is 17.0. The zero-order chi connectivity index (χ0) is 20.8. The molecule has 29 heavy (non-hydrogen) atoms. The van der Waals surface area contributed by atoms with Crippen molar-refractivity contribution in [3.63, 3.8) is 0 Å². The van der Waals surface area contributed by atoms with Gasteiger partial charge in [-0.15, -0.1) is 0 Å². The van der Waals surface area contributed by atoms with E-state index in [1.807, 2.05) is 43.3 Å².